The van der Waals surface area contributed by atoms with Gasteiger partial charge in [0.05, 0.1) is 19.1 Å². The molecular weight excluding hydrogens is 366 g/mol. The van der Waals surface area contributed by atoms with E-state index < -0.39 is 18.2 Å². The van der Waals surface area contributed by atoms with Crippen LogP contribution in [0.15, 0.2) is 36.4 Å². The number of benzene rings is 2. The van der Waals surface area contributed by atoms with Gasteiger partial charge in [0.2, 0.25) is 6.79 Å². The second-order valence-corrected chi connectivity index (χ2v) is 6.94. The minimum absolute atomic E-state index is 0.0228. The molecule has 3 aliphatic heterocycles. The second-order valence-electron chi connectivity index (χ2n) is 6.94. The highest BCUT2D eigenvalue weighted by Crippen LogP contribution is 2.47. The molecule has 3 aliphatic rings. The van der Waals surface area contributed by atoms with Crippen molar-refractivity contribution < 1.29 is 28.6 Å². The molecule has 0 aromatic heterocycles. The van der Waals surface area contributed by atoms with Crippen LogP contribution in [0.5, 0.6) is 17.2 Å². The second kappa shape index (κ2) is 6.96. The van der Waals surface area contributed by atoms with Crippen molar-refractivity contribution in [3.05, 3.63) is 63.2 Å². The number of ether oxygens (including phenoxy) is 5. The van der Waals surface area contributed by atoms with E-state index in [1.165, 1.54) is 0 Å². The van der Waals surface area contributed by atoms with E-state index in [-0.39, 0.29) is 18.3 Å². The van der Waals surface area contributed by atoms with Crippen molar-refractivity contribution in [2.45, 2.75) is 24.7 Å². The number of fused-ring (bicyclic) bond motifs is 2. The van der Waals surface area contributed by atoms with E-state index in [1.54, 1.807) is 12.1 Å². The Morgan fingerprint density at radius 1 is 0.893 bits per heavy atom. The first-order valence-corrected chi connectivity index (χ1v) is 9.24. The molecule has 28 heavy (non-hydrogen) atoms. The van der Waals surface area contributed by atoms with E-state index in [4.69, 9.17) is 23.7 Å². The molecule has 0 unspecified atom stereocenters. The number of hydrogen-bond acceptors (Lipinski definition) is 7. The molecule has 0 aliphatic carbocycles. The maximum Gasteiger partial charge on any atom is 0.257 e. The number of rotatable bonds is 3. The van der Waals surface area contributed by atoms with Gasteiger partial charge in [0.15, 0.2) is 24.4 Å². The lowest BCUT2D eigenvalue weighted by Gasteiger charge is -2.32. The Labute approximate surface area is 161 Å². The van der Waals surface area contributed by atoms with Crippen LogP contribution in [0.1, 0.15) is 35.3 Å². The molecule has 146 valence electrons. The fourth-order valence-electron chi connectivity index (χ4n) is 4.02. The number of nitro groups is 1. The van der Waals surface area contributed by atoms with Gasteiger partial charge in [-0.2, -0.15) is 0 Å². The first kappa shape index (κ1) is 17.3. The average Bonchev–Trinajstić information content (AvgIpc) is 3.19. The van der Waals surface area contributed by atoms with Gasteiger partial charge in [-0.25, -0.2) is 0 Å². The summed E-state index contributed by atoms with van der Waals surface area (Å²) < 4.78 is 28.2. The molecule has 0 radical (unpaired) electrons. The molecule has 0 saturated carbocycles. The van der Waals surface area contributed by atoms with Crippen LogP contribution in [0.4, 0.5) is 0 Å². The van der Waals surface area contributed by atoms with Crippen LogP contribution in [0.25, 0.3) is 0 Å². The Hall–Kier alpha value is -2.84. The minimum Gasteiger partial charge on any atom is -0.486 e. The summed E-state index contributed by atoms with van der Waals surface area (Å²) in [5.74, 6) is 1.22. The molecule has 2 aromatic carbocycles. The molecule has 2 aromatic rings. The van der Waals surface area contributed by atoms with Gasteiger partial charge in [0, 0.05) is 22.1 Å². The van der Waals surface area contributed by atoms with Crippen LogP contribution in [0, 0.1) is 10.1 Å². The minimum atomic E-state index is -0.933. The summed E-state index contributed by atoms with van der Waals surface area (Å²) in [5.41, 5.74) is 2.32. The fourth-order valence-corrected chi connectivity index (χ4v) is 4.02. The van der Waals surface area contributed by atoms with E-state index in [0.717, 1.165) is 17.5 Å². The summed E-state index contributed by atoms with van der Waals surface area (Å²) in [6.45, 7) is 1.30. The van der Waals surface area contributed by atoms with Crippen LogP contribution in [0.2, 0.25) is 0 Å². The van der Waals surface area contributed by atoms with E-state index in [1.807, 2.05) is 24.3 Å². The molecule has 0 N–H and O–H groups in total. The lowest BCUT2D eigenvalue weighted by Crippen LogP contribution is -2.38. The zero-order chi connectivity index (χ0) is 19.1. The summed E-state index contributed by atoms with van der Waals surface area (Å²) in [4.78, 5) is 11.6. The Kier molecular flexibility index (Phi) is 4.29. The molecular formula is C20H19NO7. The standard InChI is InChI=1S/C20H19NO7/c22-21(23)15-10-26-16-9-18-17(27-11-28-18)8-14(16)19(15)12-4-1-2-5-13(12)20-24-6-3-7-25-20/h1-2,4-5,8-9,15,19-20H,3,6-7,10-11H2/t15-,19+/m1/s1. The van der Waals surface area contributed by atoms with Gasteiger partial charge in [0.1, 0.15) is 5.75 Å². The highest BCUT2D eigenvalue weighted by molar-refractivity contribution is 5.57. The van der Waals surface area contributed by atoms with Gasteiger partial charge in [-0.1, -0.05) is 24.3 Å². The lowest BCUT2D eigenvalue weighted by atomic mass is 9.81. The van der Waals surface area contributed by atoms with Gasteiger partial charge in [-0.05, 0) is 18.1 Å². The predicted molar refractivity (Wildman–Crippen MR) is 96.4 cm³/mol. The van der Waals surface area contributed by atoms with Crippen LogP contribution >= 0.6 is 0 Å². The molecule has 1 saturated heterocycles. The topological polar surface area (TPSA) is 89.3 Å². The number of nitrogens with zero attached hydrogens (tertiary/aromatic N) is 1. The maximum atomic E-state index is 11.9. The lowest BCUT2D eigenvalue weighted by molar-refractivity contribution is -0.528. The molecule has 1 fully saturated rings. The molecule has 5 rings (SSSR count). The van der Waals surface area contributed by atoms with Crippen molar-refractivity contribution in [3.8, 4) is 17.2 Å². The van der Waals surface area contributed by atoms with E-state index in [2.05, 4.69) is 0 Å². The first-order valence-electron chi connectivity index (χ1n) is 9.24. The summed E-state index contributed by atoms with van der Waals surface area (Å²) >= 11 is 0. The predicted octanol–water partition coefficient (Wildman–Crippen LogP) is 3.02. The zero-order valence-corrected chi connectivity index (χ0v) is 15.0. The third-order valence-electron chi connectivity index (χ3n) is 5.32. The zero-order valence-electron chi connectivity index (χ0n) is 15.0. The Morgan fingerprint density at radius 2 is 1.61 bits per heavy atom. The summed E-state index contributed by atoms with van der Waals surface area (Å²) in [5, 5.41) is 11.9. The Morgan fingerprint density at radius 3 is 2.36 bits per heavy atom. The van der Waals surface area contributed by atoms with Gasteiger partial charge >= 0.3 is 0 Å². The molecule has 0 bridgehead atoms. The van der Waals surface area contributed by atoms with Gasteiger partial charge in [-0.3, -0.25) is 10.1 Å². The van der Waals surface area contributed by atoms with E-state index in [0.29, 0.717) is 36.0 Å². The van der Waals surface area contributed by atoms with Crippen molar-refractivity contribution in [2.75, 3.05) is 26.6 Å². The fraction of sp³-hybridized carbons (Fsp3) is 0.400. The van der Waals surface area contributed by atoms with Crippen molar-refractivity contribution in [3.63, 3.8) is 0 Å². The largest absolute Gasteiger partial charge is 0.486 e. The van der Waals surface area contributed by atoms with Gasteiger partial charge in [0.25, 0.3) is 6.04 Å². The Bertz CT molecular complexity index is 909. The quantitative estimate of drug-likeness (QED) is 0.593. The smallest absolute Gasteiger partial charge is 0.257 e. The summed E-state index contributed by atoms with van der Waals surface area (Å²) in [6, 6.07) is 10.2. The molecule has 0 spiro atoms. The normalized spacial score (nSPS) is 23.7. The van der Waals surface area contributed by atoms with Gasteiger partial charge in [-0.15, -0.1) is 0 Å². The third kappa shape index (κ3) is 2.85. The van der Waals surface area contributed by atoms with Crippen LogP contribution in [-0.4, -0.2) is 37.6 Å². The van der Waals surface area contributed by atoms with Crippen molar-refractivity contribution in [1.29, 1.82) is 0 Å². The molecule has 8 heteroatoms. The molecule has 0 amide bonds. The molecule has 2 atom stereocenters. The molecule has 8 nitrogen and oxygen atoms in total. The third-order valence-corrected chi connectivity index (χ3v) is 5.32. The number of hydrogen-bond donors (Lipinski definition) is 0. The first-order chi connectivity index (χ1) is 13.7. The summed E-state index contributed by atoms with van der Waals surface area (Å²) in [6.07, 6.45) is 0.303. The SMILES string of the molecule is O=[N+]([O-])[C@@H]1COc2cc3c(cc2[C@@H]1c1ccccc1C1OCCCO1)OCO3. The monoisotopic (exact) mass is 385 g/mol. The highest BCUT2D eigenvalue weighted by Gasteiger charge is 2.43. The van der Waals surface area contributed by atoms with Crippen LogP contribution in [-0.2, 0) is 9.47 Å². The molecule has 3 heterocycles. The van der Waals surface area contributed by atoms with E-state index >= 15 is 0 Å². The summed E-state index contributed by atoms with van der Waals surface area (Å²) in [7, 11) is 0. The average molecular weight is 385 g/mol. The van der Waals surface area contributed by atoms with Crippen molar-refractivity contribution >= 4 is 0 Å². The Balaban J connectivity index is 1.64. The van der Waals surface area contributed by atoms with Crippen molar-refractivity contribution in [1.82, 2.24) is 0 Å². The van der Waals surface area contributed by atoms with Crippen LogP contribution < -0.4 is 14.2 Å². The maximum absolute atomic E-state index is 11.9. The van der Waals surface area contributed by atoms with Crippen molar-refractivity contribution in [2.24, 2.45) is 0 Å². The highest BCUT2D eigenvalue weighted by atomic mass is 16.7. The van der Waals surface area contributed by atoms with Crippen LogP contribution in [0.3, 0.4) is 0 Å². The van der Waals surface area contributed by atoms with Gasteiger partial charge < -0.3 is 23.7 Å². The van der Waals surface area contributed by atoms with E-state index in [9.17, 15) is 10.1 Å².